The van der Waals surface area contributed by atoms with E-state index in [2.05, 4.69) is 5.32 Å². The molecule has 0 radical (unpaired) electrons. The van der Waals surface area contributed by atoms with E-state index < -0.39 is 15.6 Å². The second kappa shape index (κ2) is 10.6. The average molecular weight is 468 g/mol. The van der Waals surface area contributed by atoms with Gasteiger partial charge in [-0.15, -0.1) is 0 Å². The van der Waals surface area contributed by atoms with Gasteiger partial charge in [-0.05, 0) is 29.7 Å². The molecule has 2 aromatic carbocycles. The maximum Gasteiger partial charge on any atom is 0.251 e. The van der Waals surface area contributed by atoms with Gasteiger partial charge in [0.1, 0.15) is 6.54 Å². The Kier molecular flexibility index (Phi) is 7.84. The lowest BCUT2D eigenvalue weighted by Gasteiger charge is -2.19. The second-order valence-electron chi connectivity index (χ2n) is 7.70. The number of nitrogens with one attached hydrogen (secondary N) is 1. The van der Waals surface area contributed by atoms with Crippen LogP contribution in [0, 0.1) is 0 Å². The number of carbonyl (C=O) groups is 1. The zero-order valence-corrected chi connectivity index (χ0v) is 19.9. The molecule has 1 atom stereocenters. The van der Waals surface area contributed by atoms with Crippen LogP contribution in [0.1, 0.15) is 32.4 Å². The summed E-state index contributed by atoms with van der Waals surface area (Å²) in [7, 11) is -3.73. The number of benzene rings is 2. The Morgan fingerprint density at radius 2 is 1.55 bits per heavy atom. The minimum atomic E-state index is -3.73. The van der Waals surface area contributed by atoms with E-state index in [9.17, 15) is 18.0 Å². The van der Waals surface area contributed by atoms with Gasteiger partial charge in [0.15, 0.2) is 0 Å². The largest absolute Gasteiger partial charge is 0.348 e. The first kappa shape index (κ1) is 24.4. The lowest BCUT2D eigenvalue weighted by Crippen LogP contribution is -2.35. The van der Waals surface area contributed by atoms with Crippen LogP contribution in [0.15, 0.2) is 82.6 Å². The minimum Gasteiger partial charge on any atom is -0.348 e. The first-order valence-electron chi connectivity index (χ1n) is 10.9. The standard InChI is InChI=1S/C25H29N3O4S/c1-4-28(5-2)33(31,32)23-15-16-25(30)27(17-23)18-24(29)26-19(3)20-11-13-22(14-12-20)21-9-7-6-8-10-21/h6-17,19H,4-5,18H2,1-3H3,(H,26,29)/t19-/m1/s1. The number of nitrogens with zero attached hydrogens (tertiary/aromatic N) is 2. The number of amides is 1. The van der Waals surface area contributed by atoms with Gasteiger partial charge in [-0.1, -0.05) is 68.4 Å². The molecule has 8 heteroatoms. The van der Waals surface area contributed by atoms with E-state index in [0.717, 1.165) is 21.3 Å². The molecule has 7 nitrogen and oxygen atoms in total. The van der Waals surface area contributed by atoms with E-state index >= 15 is 0 Å². The molecule has 0 saturated heterocycles. The molecule has 174 valence electrons. The van der Waals surface area contributed by atoms with Crippen LogP contribution in [0.5, 0.6) is 0 Å². The Morgan fingerprint density at radius 3 is 2.15 bits per heavy atom. The van der Waals surface area contributed by atoms with Crippen LogP contribution in [0.3, 0.4) is 0 Å². The fourth-order valence-corrected chi connectivity index (χ4v) is 5.10. The highest BCUT2D eigenvalue weighted by molar-refractivity contribution is 7.89. The summed E-state index contributed by atoms with van der Waals surface area (Å²) in [5.74, 6) is -0.380. The number of aromatic nitrogens is 1. The summed E-state index contributed by atoms with van der Waals surface area (Å²) < 4.78 is 27.9. The Bertz CT molecular complexity index is 1250. The average Bonchev–Trinajstić information content (AvgIpc) is 2.81. The second-order valence-corrected chi connectivity index (χ2v) is 9.64. The topological polar surface area (TPSA) is 88.5 Å². The van der Waals surface area contributed by atoms with Gasteiger partial charge in [0.25, 0.3) is 5.56 Å². The van der Waals surface area contributed by atoms with Crippen LogP contribution in [0.4, 0.5) is 0 Å². The van der Waals surface area contributed by atoms with Crippen molar-refractivity contribution in [1.29, 1.82) is 0 Å². The smallest absolute Gasteiger partial charge is 0.251 e. The van der Waals surface area contributed by atoms with Crippen molar-refractivity contribution < 1.29 is 13.2 Å². The van der Waals surface area contributed by atoms with Crippen molar-refractivity contribution in [3.05, 3.63) is 88.8 Å². The van der Waals surface area contributed by atoms with Crippen molar-refractivity contribution in [1.82, 2.24) is 14.2 Å². The zero-order valence-electron chi connectivity index (χ0n) is 19.1. The van der Waals surface area contributed by atoms with E-state index in [0.29, 0.717) is 13.1 Å². The van der Waals surface area contributed by atoms with Crippen molar-refractivity contribution in [3.63, 3.8) is 0 Å². The van der Waals surface area contributed by atoms with E-state index in [1.54, 1.807) is 13.8 Å². The molecule has 0 aliphatic rings. The molecule has 1 amide bonds. The Morgan fingerprint density at radius 1 is 0.939 bits per heavy atom. The van der Waals surface area contributed by atoms with Crippen LogP contribution in [0.2, 0.25) is 0 Å². The highest BCUT2D eigenvalue weighted by Gasteiger charge is 2.22. The maximum atomic E-state index is 12.7. The summed E-state index contributed by atoms with van der Waals surface area (Å²) >= 11 is 0. The van der Waals surface area contributed by atoms with Gasteiger partial charge < -0.3 is 9.88 Å². The first-order valence-corrected chi connectivity index (χ1v) is 12.4. The van der Waals surface area contributed by atoms with Gasteiger partial charge in [0.2, 0.25) is 15.9 Å². The van der Waals surface area contributed by atoms with Gasteiger partial charge in [-0.2, -0.15) is 4.31 Å². The Hall–Kier alpha value is -3.23. The summed E-state index contributed by atoms with van der Waals surface area (Å²) in [6.45, 7) is 5.72. The normalized spacial score (nSPS) is 12.5. The fourth-order valence-electron chi connectivity index (χ4n) is 3.62. The molecule has 0 saturated carbocycles. The maximum absolute atomic E-state index is 12.7. The minimum absolute atomic E-state index is 0.0110. The molecule has 0 aliphatic heterocycles. The molecule has 0 unspecified atom stereocenters. The number of pyridine rings is 1. The van der Waals surface area contributed by atoms with Crippen LogP contribution in [-0.4, -0.2) is 36.3 Å². The predicted molar refractivity (Wildman–Crippen MR) is 129 cm³/mol. The van der Waals surface area contributed by atoms with Crippen molar-refractivity contribution in [3.8, 4) is 11.1 Å². The summed E-state index contributed by atoms with van der Waals surface area (Å²) in [5.41, 5.74) is 2.67. The summed E-state index contributed by atoms with van der Waals surface area (Å²) in [6.07, 6.45) is 1.23. The van der Waals surface area contributed by atoms with Gasteiger partial charge in [-0.25, -0.2) is 8.42 Å². The first-order chi connectivity index (χ1) is 15.8. The third kappa shape index (κ3) is 5.77. The lowest BCUT2D eigenvalue weighted by molar-refractivity contribution is -0.122. The number of sulfonamides is 1. The molecule has 1 heterocycles. The summed E-state index contributed by atoms with van der Waals surface area (Å²) in [4.78, 5) is 24.8. The van der Waals surface area contributed by atoms with Crippen molar-refractivity contribution >= 4 is 15.9 Å². The quantitative estimate of drug-likeness (QED) is 0.522. The van der Waals surface area contributed by atoms with Crippen LogP contribution in [-0.2, 0) is 21.4 Å². The van der Waals surface area contributed by atoms with Crippen molar-refractivity contribution in [2.75, 3.05) is 13.1 Å². The summed E-state index contributed by atoms with van der Waals surface area (Å²) in [5, 5.41) is 2.88. The Balaban J connectivity index is 1.71. The molecule has 33 heavy (non-hydrogen) atoms. The molecule has 1 N–H and O–H groups in total. The molecule has 0 aliphatic carbocycles. The highest BCUT2D eigenvalue weighted by atomic mass is 32.2. The number of hydrogen-bond donors (Lipinski definition) is 1. The SMILES string of the molecule is CCN(CC)S(=O)(=O)c1ccc(=O)n(CC(=O)N[C@H](C)c2ccc(-c3ccccc3)cc2)c1. The monoisotopic (exact) mass is 467 g/mol. The van der Waals surface area contributed by atoms with Crippen molar-refractivity contribution in [2.24, 2.45) is 0 Å². The number of hydrogen-bond acceptors (Lipinski definition) is 4. The third-order valence-electron chi connectivity index (χ3n) is 5.51. The molecule has 3 rings (SSSR count). The van der Waals surface area contributed by atoms with Crippen LogP contribution in [0.25, 0.3) is 11.1 Å². The van der Waals surface area contributed by atoms with E-state index in [1.165, 1.54) is 22.6 Å². The Labute approximate surface area is 194 Å². The summed E-state index contributed by atoms with van der Waals surface area (Å²) in [6, 6.07) is 20.1. The molecule has 0 bridgehead atoms. The van der Waals surface area contributed by atoms with Crippen LogP contribution >= 0.6 is 0 Å². The lowest BCUT2D eigenvalue weighted by atomic mass is 10.0. The highest BCUT2D eigenvalue weighted by Crippen LogP contribution is 2.21. The van der Waals surface area contributed by atoms with Gasteiger partial charge in [0, 0.05) is 25.4 Å². The predicted octanol–water partition coefficient (Wildman–Crippen LogP) is 3.42. The van der Waals surface area contributed by atoms with E-state index in [1.807, 2.05) is 61.5 Å². The zero-order chi connectivity index (χ0) is 24.0. The molecule has 0 fully saturated rings. The number of rotatable bonds is 9. The van der Waals surface area contributed by atoms with Gasteiger partial charge in [-0.3, -0.25) is 9.59 Å². The van der Waals surface area contributed by atoms with Crippen molar-refractivity contribution in [2.45, 2.75) is 38.3 Å². The molecule has 0 spiro atoms. The van der Waals surface area contributed by atoms with E-state index in [4.69, 9.17) is 0 Å². The fraction of sp³-hybridized carbons (Fsp3) is 0.280. The molecular weight excluding hydrogens is 438 g/mol. The molecule has 1 aromatic heterocycles. The molecular formula is C25H29N3O4S. The number of carbonyl (C=O) groups excluding carboxylic acids is 1. The van der Waals surface area contributed by atoms with E-state index in [-0.39, 0.29) is 23.4 Å². The van der Waals surface area contributed by atoms with Gasteiger partial charge in [0.05, 0.1) is 10.9 Å². The third-order valence-corrected chi connectivity index (χ3v) is 7.54. The molecule has 3 aromatic rings. The van der Waals surface area contributed by atoms with Gasteiger partial charge >= 0.3 is 0 Å². The van der Waals surface area contributed by atoms with Crippen LogP contribution < -0.4 is 10.9 Å².